The molecule has 0 unspecified atom stereocenters. The summed E-state index contributed by atoms with van der Waals surface area (Å²) in [7, 11) is 0. The lowest BCUT2D eigenvalue weighted by molar-refractivity contribution is 0.0696. The first kappa shape index (κ1) is 12.5. The molecule has 7 heteroatoms. The Morgan fingerprint density at radius 3 is 2.79 bits per heavy atom. The van der Waals surface area contributed by atoms with Crippen LogP contribution in [0.15, 0.2) is 41.6 Å². The van der Waals surface area contributed by atoms with Gasteiger partial charge in [-0.3, -0.25) is 9.59 Å². The molecule has 0 saturated heterocycles. The van der Waals surface area contributed by atoms with Crippen LogP contribution in [0.4, 0.5) is 5.82 Å². The number of H-pyrrole nitrogens is 1. The van der Waals surface area contributed by atoms with E-state index in [1.807, 2.05) is 0 Å². The summed E-state index contributed by atoms with van der Waals surface area (Å²) in [5.74, 6) is -1.72. The second-order valence-corrected chi connectivity index (χ2v) is 3.61. The molecule has 2 rings (SSSR count). The van der Waals surface area contributed by atoms with Gasteiger partial charge in [0.25, 0.3) is 5.91 Å². The van der Waals surface area contributed by atoms with Crippen molar-refractivity contribution in [3.05, 3.63) is 58.1 Å². The highest BCUT2D eigenvalue weighted by atomic mass is 16.4. The molecule has 0 bridgehead atoms. The Morgan fingerprint density at radius 1 is 1.32 bits per heavy atom. The van der Waals surface area contributed by atoms with Crippen LogP contribution in [0.2, 0.25) is 0 Å². The molecule has 0 spiro atoms. The number of nitrogens with one attached hydrogen (secondary N) is 2. The number of aromatic carboxylic acids is 1. The molecule has 96 valence electrons. The van der Waals surface area contributed by atoms with Crippen molar-refractivity contribution in [2.75, 3.05) is 5.32 Å². The van der Waals surface area contributed by atoms with Crippen molar-refractivity contribution in [1.82, 2.24) is 9.97 Å². The predicted octanol–water partition coefficient (Wildman–Crippen LogP) is 0.720. The van der Waals surface area contributed by atoms with Crippen LogP contribution in [0.5, 0.6) is 0 Å². The van der Waals surface area contributed by atoms with Crippen molar-refractivity contribution in [3.63, 3.8) is 0 Å². The standard InChI is InChI=1S/C12H9N3O4/c16-9-2-3-13-6-8(9)11(17)15-10-5-7(12(18)19)1-4-14-10/h1-6H,(H,13,16)(H,18,19)(H,14,15,17). The molecular formula is C12H9N3O4. The molecule has 1 amide bonds. The average molecular weight is 259 g/mol. The predicted molar refractivity (Wildman–Crippen MR) is 66.2 cm³/mol. The number of hydrogen-bond donors (Lipinski definition) is 3. The van der Waals surface area contributed by atoms with Crippen LogP contribution in [-0.2, 0) is 0 Å². The van der Waals surface area contributed by atoms with Crippen LogP contribution in [0, 0.1) is 0 Å². The van der Waals surface area contributed by atoms with Crippen LogP contribution >= 0.6 is 0 Å². The van der Waals surface area contributed by atoms with Gasteiger partial charge < -0.3 is 15.4 Å². The number of anilines is 1. The smallest absolute Gasteiger partial charge is 0.335 e. The van der Waals surface area contributed by atoms with E-state index in [1.54, 1.807) is 0 Å². The van der Waals surface area contributed by atoms with Gasteiger partial charge in [-0.25, -0.2) is 9.78 Å². The minimum Gasteiger partial charge on any atom is -0.478 e. The van der Waals surface area contributed by atoms with Gasteiger partial charge in [-0.2, -0.15) is 0 Å². The number of carbonyl (C=O) groups is 2. The summed E-state index contributed by atoms with van der Waals surface area (Å²) < 4.78 is 0. The molecule has 2 heterocycles. The Morgan fingerprint density at radius 2 is 2.11 bits per heavy atom. The van der Waals surface area contributed by atoms with Gasteiger partial charge in [-0.1, -0.05) is 0 Å². The van der Waals surface area contributed by atoms with Gasteiger partial charge in [0.1, 0.15) is 11.4 Å². The maximum absolute atomic E-state index is 11.8. The van der Waals surface area contributed by atoms with Crippen LogP contribution in [-0.4, -0.2) is 27.0 Å². The fourth-order valence-corrected chi connectivity index (χ4v) is 1.41. The minimum absolute atomic E-state index is 0.00716. The Kier molecular flexibility index (Phi) is 3.37. The van der Waals surface area contributed by atoms with Crippen molar-refractivity contribution in [2.24, 2.45) is 0 Å². The number of amides is 1. The van der Waals surface area contributed by atoms with Gasteiger partial charge >= 0.3 is 5.97 Å². The lowest BCUT2D eigenvalue weighted by atomic mass is 10.2. The van der Waals surface area contributed by atoms with Crippen molar-refractivity contribution >= 4 is 17.7 Å². The molecular weight excluding hydrogens is 250 g/mol. The number of aromatic nitrogens is 2. The summed E-state index contributed by atoms with van der Waals surface area (Å²) in [4.78, 5) is 40.4. The molecule has 19 heavy (non-hydrogen) atoms. The van der Waals surface area contributed by atoms with Crippen LogP contribution < -0.4 is 10.7 Å². The first-order chi connectivity index (χ1) is 9.08. The third-order valence-corrected chi connectivity index (χ3v) is 2.32. The Labute approximate surface area is 106 Å². The van der Waals surface area contributed by atoms with Gasteiger partial charge in [0.2, 0.25) is 0 Å². The monoisotopic (exact) mass is 259 g/mol. The van der Waals surface area contributed by atoms with E-state index in [0.29, 0.717) is 0 Å². The molecule has 0 aromatic carbocycles. The van der Waals surface area contributed by atoms with Crippen molar-refractivity contribution < 1.29 is 14.7 Å². The van der Waals surface area contributed by atoms with E-state index >= 15 is 0 Å². The van der Waals surface area contributed by atoms with E-state index in [2.05, 4.69) is 15.3 Å². The highest BCUT2D eigenvalue weighted by Gasteiger charge is 2.11. The number of carboxylic acids is 1. The number of hydrogen-bond acceptors (Lipinski definition) is 4. The highest BCUT2D eigenvalue weighted by Crippen LogP contribution is 2.07. The van der Waals surface area contributed by atoms with Crippen LogP contribution in [0.3, 0.4) is 0 Å². The second-order valence-electron chi connectivity index (χ2n) is 3.61. The lowest BCUT2D eigenvalue weighted by Crippen LogP contribution is -2.21. The second kappa shape index (κ2) is 5.13. The molecule has 7 nitrogen and oxygen atoms in total. The van der Waals surface area contributed by atoms with Crippen LogP contribution in [0.1, 0.15) is 20.7 Å². The largest absolute Gasteiger partial charge is 0.478 e. The molecule has 3 N–H and O–H groups in total. The summed E-state index contributed by atoms with van der Waals surface area (Å²) in [5.41, 5.74) is -0.525. The molecule has 0 saturated carbocycles. The number of aromatic amines is 1. The zero-order chi connectivity index (χ0) is 13.8. The Balaban J connectivity index is 2.25. The first-order valence-electron chi connectivity index (χ1n) is 5.26. The topological polar surface area (TPSA) is 112 Å². The third kappa shape index (κ3) is 2.83. The van der Waals surface area contributed by atoms with Crippen molar-refractivity contribution in [3.8, 4) is 0 Å². The highest BCUT2D eigenvalue weighted by molar-refractivity contribution is 6.03. The molecule has 0 radical (unpaired) electrons. The van der Waals surface area contributed by atoms with Crippen molar-refractivity contribution in [1.29, 1.82) is 0 Å². The third-order valence-electron chi connectivity index (χ3n) is 2.32. The van der Waals surface area contributed by atoms with Gasteiger partial charge in [-0.15, -0.1) is 0 Å². The molecule has 0 aliphatic rings. The zero-order valence-electron chi connectivity index (χ0n) is 9.58. The van der Waals surface area contributed by atoms with E-state index in [1.165, 1.54) is 36.8 Å². The molecule has 2 aromatic rings. The molecule has 0 fully saturated rings. The molecule has 2 aromatic heterocycles. The van der Waals surface area contributed by atoms with E-state index < -0.39 is 17.3 Å². The van der Waals surface area contributed by atoms with Gasteiger partial charge in [0, 0.05) is 24.7 Å². The number of carboxylic acid groups (broad SMARTS) is 1. The maximum Gasteiger partial charge on any atom is 0.335 e. The summed E-state index contributed by atoms with van der Waals surface area (Å²) in [6, 6.07) is 3.72. The van der Waals surface area contributed by atoms with E-state index in [4.69, 9.17) is 5.11 Å². The van der Waals surface area contributed by atoms with E-state index in [0.717, 1.165) is 0 Å². The summed E-state index contributed by atoms with van der Waals surface area (Å²) in [6.07, 6.45) is 3.93. The summed E-state index contributed by atoms with van der Waals surface area (Å²) >= 11 is 0. The first-order valence-corrected chi connectivity index (χ1v) is 5.26. The fourth-order valence-electron chi connectivity index (χ4n) is 1.41. The maximum atomic E-state index is 11.8. The number of carbonyl (C=O) groups excluding carboxylic acids is 1. The normalized spacial score (nSPS) is 9.89. The Hall–Kier alpha value is -2.96. The van der Waals surface area contributed by atoms with Gasteiger partial charge in [-0.05, 0) is 12.1 Å². The quantitative estimate of drug-likeness (QED) is 0.751. The number of nitrogens with zero attached hydrogens (tertiary/aromatic N) is 1. The van der Waals surface area contributed by atoms with E-state index in [9.17, 15) is 14.4 Å². The van der Waals surface area contributed by atoms with Crippen molar-refractivity contribution in [2.45, 2.75) is 0 Å². The fraction of sp³-hybridized carbons (Fsp3) is 0. The molecule has 0 aliphatic heterocycles. The minimum atomic E-state index is -1.13. The van der Waals surface area contributed by atoms with Gasteiger partial charge in [0.15, 0.2) is 5.43 Å². The SMILES string of the molecule is O=C(O)c1ccnc(NC(=O)c2c[nH]ccc2=O)c1. The van der Waals surface area contributed by atoms with E-state index in [-0.39, 0.29) is 16.9 Å². The number of rotatable bonds is 3. The summed E-state index contributed by atoms with van der Waals surface area (Å²) in [5, 5.41) is 11.2. The Bertz CT molecular complexity index is 693. The summed E-state index contributed by atoms with van der Waals surface area (Å²) in [6.45, 7) is 0. The van der Waals surface area contributed by atoms with Gasteiger partial charge in [0.05, 0.1) is 5.56 Å². The molecule has 0 aliphatic carbocycles. The lowest BCUT2D eigenvalue weighted by Gasteiger charge is -2.04. The van der Waals surface area contributed by atoms with Crippen LogP contribution in [0.25, 0.3) is 0 Å². The average Bonchev–Trinajstić information content (AvgIpc) is 2.39. The number of pyridine rings is 2. The molecule has 0 atom stereocenters. The zero-order valence-corrected chi connectivity index (χ0v) is 9.58.